The second-order valence-electron chi connectivity index (χ2n) is 14.1. The number of carbonyl (C=O) groups excluding carboxylic acids is 2. The van der Waals surface area contributed by atoms with E-state index in [0.29, 0.717) is 13.0 Å². The first-order valence-corrected chi connectivity index (χ1v) is 22.7. The number of rotatable bonds is 38. The van der Waals surface area contributed by atoms with Crippen molar-refractivity contribution in [3.8, 4) is 0 Å². The maximum absolute atomic E-state index is 12.6. The minimum atomic E-state index is -4.63. The van der Waals surface area contributed by atoms with Crippen LogP contribution in [0.25, 0.3) is 0 Å². The van der Waals surface area contributed by atoms with E-state index in [9.17, 15) is 19.0 Å². The lowest BCUT2D eigenvalue weighted by atomic mass is 10.0. The fourth-order valence-electron chi connectivity index (χ4n) is 5.29. The summed E-state index contributed by atoms with van der Waals surface area (Å²) in [6.45, 7) is 3.91. The van der Waals surface area contributed by atoms with Gasteiger partial charge in [0.2, 0.25) is 0 Å². The van der Waals surface area contributed by atoms with Crippen LogP contribution in [0, 0.1) is 0 Å². The highest BCUT2D eigenvalue weighted by molar-refractivity contribution is 7.45. The SMILES string of the molecule is CC/C=C\C/C=C\C/C=C\C/C=C\C/C=C\C/C=C\CCC(=O)OC(COC(=O)CCCCCCCCCCCCCCC)COP(=O)([O-])OCCN(C)C. The van der Waals surface area contributed by atoms with Crippen molar-refractivity contribution in [2.45, 2.75) is 161 Å². The van der Waals surface area contributed by atoms with Crippen LogP contribution in [0.1, 0.15) is 155 Å². The summed E-state index contributed by atoms with van der Waals surface area (Å²) in [4.78, 5) is 39.0. The van der Waals surface area contributed by atoms with Crippen LogP contribution in [0.2, 0.25) is 0 Å². The average molecular weight is 791 g/mol. The Bertz CT molecular complexity index is 1140. The highest BCUT2D eigenvalue weighted by Crippen LogP contribution is 2.38. The molecule has 2 atom stereocenters. The molecule has 0 aromatic heterocycles. The van der Waals surface area contributed by atoms with Gasteiger partial charge in [-0.25, -0.2) is 0 Å². The number of allylic oxidation sites excluding steroid dienone is 12. The zero-order valence-corrected chi connectivity index (χ0v) is 35.9. The molecule has 0 heterocycles. The zero-order chi connectivity index (χ0) is 40.5. The van der Waals surface area contributed by atoms with Gasteiger partial charge in [-0.3, -0.25) is 14.2 Å². The predicted octanol–water partition coefficient (Wildman–Crippen LogP) is 11.5. The number of hydrogen-bond donors (Lipinski definition) is 0. The molecule has 0 radical (unpaired) electrons. The van der Waals surface area contributed by atoms with Crippen molar-refractivity contribution in [2.24, 2.45) is 0 Å². The molecule has 0 spiro atoms. The first-order valence-electron chi connectivity index (χ1n) is 21.2. The first kappa shape index (κ1) is 52.5. The van der Waals surface area contributed by atoms with Crippen molar-refractivity contribution in [2.75, 3.05) is 40.5 Å². The standard InChI is InChI=1S/C45H78NO8P/c1-5-7-9-11-13-15-17-19-20-21-22-23-24-26-28-30-32-34-36-38-45(48)54-43(42-53-55(49,50)52-40-39-46(3)4)41-51-44(47)37-35-33-31-29-27-25-18-16-14-12-10-8-6-2/h7,9,13,15,19-20,22-23,26,28,32,34,43H,5-6,8,10-12,14,16-18,21,24-25,27,29-31,33,35-42H2,1-4H3,(H,49,50)/p-1/b9-7-,15-13-,20-19-,23-22-,28-26-,34-32-. The third kappa shape index (κ3) is 40.9. The second kappa shape index (κ2) is 39.7. The smallest absolute Gasteiger partial charge is 0.306 e. The molecule has 0 fully saturated rings. The van der Waals surface area contributed by atoms with Crippen molar-refractivity contribution in [1.82, 2.24) is 4.90 Å². The third-order valence-electron chi connectivity index (χ3n) is 8.53. The zero-order valence-electron chi connectivity index (χ0n) is 35.1. The molecule has 0 saturated heterocycles. The molecule has 0 bridgehead atoms. The van der Waals surface area contributed by atoms with E-state index in [4.69, 9.17) is 18.5 Å². The largest absolute Gasteiger partial charge is 0.756 e. The molecule has 316 valence electrons. The van der Waals surface area contributed by atoms with Crippen molar-refractivity contribution < 1.29 is 37.6 Å². The summed E-state index contributed by atoms with van der Waals surface area (Å²) in [6, 6.07) is 0. The maximum atomic E-state index is 12.6. The monoisotopic (exact) mass is 791 g/mol. The molecule has 0 aliphatic heterocycles. The molecule has 0 aliphatic carbocycles. The average Bonchev–Trinajstić information content (AvgIpc) is 3.15. The van der Waals surface area contributed by atoms with Gasteiger partial charge >= 0.3 is 11.9 Å². The number of unbranched alkanes of at least 4 members (excludes halogenated alkanes) is 12. The van der Waals surface area contributed by atoms with Gasteiger partial charge in [0.05, 0.1) is 13.2 Å². The number of likely N-dealkylation sites (N-methyl/N-ethyl adjacent to an activating group) is 1. The van der Waals surface area contributed by atoms with Gasteiger partial charge in [-0.05, 0) is 65.5 Å². The molecule has 2 unspecified atom stereocenters. The molecule has 0 N–H and O–H groups in total. The number of phosphoric ester groups is 1. The third-order valence-corrected chi connectivity index (χ3v) is 9.49. The topological polar surface area (TPSA) is 114 Å². The van der Waals surface area contributed by atoms with Gasteiger partial charge < -0.3 is 28.3 Å². The highest BCUT2D eigenvalue weighted by Gasteiger charge is 2.21. The predicted molar refractivity (Wildman–Crippen MR) is 227 cm³/mol. The van der Waals surface area contributed by atoms with Crippen LogP contribution in [-0.2, 0) is 32.7 Å². The Morgan fingerprint density at radius 1 is 0.582 bits per heavy atom. The van der Waals surface area contributed by atoms with E-state index in [1.807, 2.05) is 12.2 Å². The second-order valence-corrected chi connectivity index (χ2v) is 15.5. The molecule has 0 rings (SSSR count). The van der Waals surface area contributed by atoms with Crippen LogP contribution in [0.15, 0.2) is 72.9 Å². The first-order chi connectivity index (χ1) is 26.7. The van der Waals surface area contributed by atoms with Crippen LogP contribution in [0.4, 0.5) is 0 Å². The molecular weight excluding hydrogens is 713 g/mol. The van der Waals surface area contributed by atoms with Crippen molar-refractivity contribution in [3.05, 3.63) is 72.9 Å². The van der Waals surface area contributed by atoms with Gasteiger partial charge in [-0.1, -0.05) is 164 Å². The molecule has 0 amide bonds. The van der Waals surface area contributed by atoms with E-state index >= 15 is 0 Å². The molecule has 9 nitrogen and oxygen atoms in total. The van der Waals surface area contributed by atoms with Crippen molar-refractivity contribution in [1.29, 1.82) is 0 Å². The van der Waals surface area contributed by atoms with Gasteiger partial charge in [0.1, 0.15) is 6.61 Å². The Balaban J connectivity index is 4.45. The molecular formula is C45H77NO8P-. The Hall–Kier alpha value is -2.55. The van der Waals surface area contributed by atoms with Gasteiger partial charge in [-0.15, -0.1) is 0 Å². The summed E-state index contributed by atoms with van der Waals surface area (Å²) < 4.78 is 33.0. The Morgan fingerprint density at radius 2 is 1.04 bits per heavy atom. The molecule has 0 saturated carbocycles. The Kier molecular flexibility index (Phi) is 37.8. The lowest BCUT2D eigenvalue weighted by molar-refractivity contribution is -0.228. The summed E-state index contributed by atoms with van der Waals surface area (Å²) in [5, 5.41) is 0. The van der Waals surface area contributed by atoms with E-state index < -0.39 is 32.5 Å². The summed E-state index contributed by atoms with van der Waals surface area (Å²) >= 11 is 0. The summed E-state index contributed by atoms with van der Waals surface area (Å²) in [7, 11) is -1.04. The van der Waals surface area contributed by atoms with E-state index in [-0.39, 0.29) is 26.1 Å². The van der Waals surface area contributed by atoms with Gasteiger partial charge in [0.15, 0.2) is 6.10 Å². The molecule has 55 heavy (non-hydrogen) atoms. The van der Waals surface area contributed by atoms with Crippen LogP contribution in [-0.4, -0.2) is 63.4 Å². The lowest BCUT2D eigenvalue weighted by Gasteiger charge is -2.26. The fraction of sp³-hybridized carbons (Fsp3) is 0.689. The number of ether oxygens (including phenoxy) is 2. The van der Waals surface area contributed by atoms with Crippen LogP contribution in [0.5, 0.6) is 0 Å². The van der Waals surface area contributed by atoms with E-state index in [1.54, 1.807) is 19.0 Å². The minimum Gasteiger partial charge on any atom is -0.756 e. The number of esters is 2. The van der Waals surface area contributed by atoms with E-state index in [1.165, 1.54) is 64.2 Å². The number of nitrogens with zero attached hydrogens (tertiary/aromatic N) is 1. The molecule has 10 heteroatoms. The van der Waals surface area contributed by atoms with Crippen molar-refractivity contribution >= 4 is 19.8 Å². The molecule has 0 aromatic carbocycles. The van der Waals surface area contributed by atoms with Gasteiger partial charge in [-0.2, -0.15) is 0 Å². The van der Waals surface area contributed by atoms with Crippen molar-refractivity contribution in [3.63, 3.8) is 0 Å². The summed E-state index contributed by atoms with van der Waals surface area (Å²) in [6.07, 6.45) is 46.6. The fourth-order valence-corrected chi connectivity index (χ4v) is 6.02. The van der Waals surface area contributed by atoms with Gasteiger partial charge in [0, 0.05) is 19.4 Å². The van der Waals surface area contributed by atoms with E-state index in [2.05, 4.69) is 74.6 Å². The van der Waals surface area contributed by atoms with Gasteiger partial charge in [0.25, 0.3) is 7.82 Å². The van der Waals surface area contributed by atoms with Crippen LogP contribution >= 0.6 is 7.82 Å². The summed E-state index contributed by atoms with van der Waals surface area (Å²) in [5.41, 5.74) is 0. The van der Waals surface area contributed by atoms with Crippen LogP contribution < -0.4 is 4.89 Å². The Labute approximate surface area is 336 Å². The van der Waals surface area contributed by atoms with E-state index in [0.717, 1.165) is 57.8 Å². The maximum Gasteiger partial charge on any atom is 0.306 e. The van der Waals surface area contributed by atoms with Crippen LogP contribution in [0.3, 0.4) is 0 Å². The highest BCUT2D eigenvalue weighted by atomic mass is 31.2. The molecule has 0 aromatic rings. The lowest BCUT2D eigenvalue weighted by Crippen LogP contribution is -2.30. The quantitative estimate of drug-likeness (QED) is 0.0261. The Morgan fingerprint density at radius 3 is 1.51 bits per heavy atom. The normalized spacial score (nSPS) is 14.1. The molecule has 0 aliphatic rings. The number of carbonyl (C=O) groups is 2. The number of phosphoric acid groups is 1. The summed E-state index contributed by atoms with van der Waals surface area (Å²) in [5.74, 6) is -0.940. The minimum absolute atomic E-state index is 0.0711. The number of hydrogen-bond acceptors (Lipinski definition) is 9.